The first-order valence-electron chi connectivity index (χ1n) is 9.19. The molecule has 6 nitrogen and oxygen atoms in total. The Morgan fingerprint density at radius 2 is 1.93 bits per heavy atom. The van der Waals surface area contributed by atoms with Crippen molar-refractivity contribution >= 4 is 22.9 Å². The molecule has 1 aromatic carbocycles. The molecule has 0 spiro atoms. The van der Waals surface area contributed by atoms with E-state index in [1.54, 1.807) is 17.4 Å². The molecule has 0 saturated carbocycles. The van der Waals surface area contributed by atoms with Gasteiger partial charge in [0.25, 0.3) is 5.91 Å². The highest BCUT2D eigenvalue weighted by molar-refractivity contribution is 7.13. The lowest BCUT2D eigenvalue weighted by molar-refractivity contribution is 0.0943. The second kappa shape index (κ2) is 8.37. The van der Waals surface area contributed by atoms with Crippen LogP contribution < -0.4 is 10.2 Å². The topological polar surface area (TPSA) is 64.3 Å². The summed E-state index contributed by atoms with van der Waals surface area (Å²) in [4.78, 5) is 18.2. The summed E-state index contributed by atoms with van der Waals surface area (Å²) in [6, 6.07) is 16.3. The van der Waals surface area contributed by atoms with Crippen LogP contribution in [0.5, 0.6) is 0 Å². The maximum atomic E-state index is 12.3. The van der Waals surface area contributed by atoms with E-state index in [0.29, 0.717) is 12.2 Å². The van der Waals surface area contributed by atoms with Crippen molar-refractivity contribution in [3.63, 3.8) is 0 Å². The van der Waals surface area contributed by atoms with E-state index in [4.69, 9.17) is 0 Å². The SMILES string of the molecule is O=C(NCCN1CCN(c2ccccc2)CC1)c1cc(-c2cccs2)[nH]n1. The van der Waals surface area contributed by atoms with E-state index in [0.717, 1.165) is 43.3 Å². The fraction of sp³-hybridized carbons (Fsp3) is 0.300. The number of aromatic nitrogens is 2. The average Bonchev–Trinajstić information content (AvgIpc) is 3.41. The van der Waals surface area contributed by atoms with Gasteiger partial charge in [-0.2, -0.15) is 5.10 Å². The van der Waals surface area contributed by atoms with Crippen molar-refractivity contribution in [3.05, 3.63) is 59.6 Å². The fourth-order valence-electron chi connectivity index (χ4n) is 3.28. The molecule has 0 bridgehead atoms. The number of amides is 1. The molecule has 2 N–H and O–H groups in total. The zero-order valence-corrected chi connectivity index (χ0v) is 15.9. The van der Waals surface area contributed by atoms with Gasteiger partial charge in [0, 0.05) is 45.0 Å². The summed E-state index contributed by atoms with van der Waals surface area (Å²) in [7, 11) is 0. The molecule has 4 rings (SSSR count). The fourth-order valence-corrected chi connectivity index (χ4v) is 3.98. The van der Waals surface area contributed by atoms with Crippen molar-refractivity contribution in [2.45, 2.75) is 0 Å². The molecule has 27 heavy (non-hydrogen) atoms. The first-order chi connectivity index (χ1) is 13.3. The minimum Gasteiger partial charge on any atom is -0.369 e. The van der Waals surface area contributed by atoms with Crippen LogP contribution in [0.2, 0.25) is 0 Å². The maximum Gasteiger partial charge on any atom is 0.271 e. The van der Waals surface area contributed by atoms with Gasteiger partial charge in [-0.1, -0.05) is 24.3 Å². The van der Waals surface area contributed by atoms with Gasteiger partial charge in [-0.3, -0.25) is 14.8 Å². The molecule has 1 fully saturated rings. The van der Waals surface area contributed by atoms with Gasteiger partial charge in [0.1, 0.15) is 0 Å². The summed E-state index contributed by atoms with van der Waals surface area (Å²) in [6.45, 7) is 5.54. The van der Waals surface area contributed by atoms with E-state index >= 15 is 0 Å². The first-order valence-corrected chi connectivity index (χ1v) is 10.1. The van der Waals surface area contributed by atoms with Gasteiger partial charge >= 0.3 is 0 Å². The molecule has 0 unspecified atom stereocenters. The van der Waals surface area contributed by atoms with Crippen LogP contribution in [0.4, 0.5) is 5.69 Å². The monoisotopic (exact) mass is 381 g/mol. The van der Waals surface area contributed by atoms with Crippen molar-refractivity contribution in [3.8, 4) is 10.6 Å². The van der Waals surface area contributed by atoms with Crippen LogP contribution in [0.25, 0.3) is 10.6 Å². The number of carbonyl (C=O) groups is 1. The smallest absolute Gasteiger partial charge is 0.271 e. The summed E-state index contributed by atoms with van der Waals surface area (Å²) in [6.07, 6.45) is 0. The Bertz CT molecular complexity index is 854. The quantitative estimate of drug-likeness (QED) is 0.689. The second-order valence-electron chi connectivity index (χ2n) is 6.56. The van der Waals surface area contributed by atoms with Gasteiger partial charge < -0.3 is 10.2 Å². The first kappa shape index (κ1) is 17.8. The zero-order valence-electron chi connectivity index (χ0n) is 15.1. The van der Waals surface area contributed by atoms with Crippen LogP contribution in [0.15, 0.2) is 53.9 Å². The Balaban J connectivity index is 1.21. The number of H-pyrrole nitrogens is 1. The van der Waals surface area contributed by atoms with Gasteiger partial charge in [0.05, 0.1) is 10.6 Å². The Morgan fingerprint density at radius 1 is 1.11 bits per heavy atom. The minimum atomic E-state index is -0.128. The number of hydrogen-bond donors (Lipinski definition) is 2. The number of piperazine rings is 1. The van der Waals surface area contributed by atoms with Gasteiger partial charge in [0.15, 0.2) is 5.69 Å². The Labute approximate surface area is 162 Å². The van der Waals surface area contributed by atoms with E-state index < -0.39 is 0 Å². The van der Waals surface area contributed by atoms with Crippen molar-refractivity contribution in [1.82, 2.24) is 20.4 Å². The lowest BCUT2D eigenvalue weighted by atomic mass is 10.2. The number of nitrogens with one attached hydrogen (secondary N) is 2. The van der Waals surface area contributed by atoms with Crippen LogP contribution in [0.3, 0.4) is 0 Å². The number of carbonyl (C=O) groups excluding carboxylic acids is 1. The summed E-state index contributed by atoms with van der Waals surface area (Å²) < 4.78 is 0. The molecule has 3 heterocycles. The van der Waals surface area contributed by atoms with Crippen molar-refractivity contribution in [1.29, 1.82) is 0 Å². The molecule has 0 aliphatic carbocycles. The molecular weight excluding hydrogens is 358 g/mol. The maximum absolute atomic E-state index is 12.3. The Kier molecular flexibility index (Phi) is 5.50. The predicted octanol–water partition coefficient (Wildman–Crippen LogP) is 2.69. The van der Waals surface area contributed by atoms with Gasteiger partial charge in [-0.05, 0) is 29.6 Å². The number of benzene rings is 1. The molecule has 0 radical (unpaired) electrons. The summed E-state index contributed by atoms with van der Waals surface area (Å²) in [5, 5.41) is 12.0. The van der Waals surface area contributed by atoms with E-state index in [-0.39, 0.29) is 5.91 Å². The highest BCUT2D eigenvalue weighted by atomic mass is 32.1. The standard InChI is InChI=1S/C20H23N5OS/c26-20(18-15-17(22-23-18)19-7-4-14-27-19)21-8-9-24-10-12-25(13-11-24)16-5-2-1-3-6-16/h1-7,14-15H,8-13H2,(H,21,26)(H,22,23). The van der Waals surface area contributed by atoms with Crippen LogP contribution in [0.1, 0.15) is 10.5 Å². The van der Waals surface area contributed by atoms with E-state index in [2.05, 4.69) is 49.6 Å². The van der Waals surface area contributed by atoms with E-state index in [1.165, 1.54) is 5.69 Å². The van der Waals surface area contributed by atoms with Crippen molar-refractivity contribution < 1.29 is 4.79 Å². The zero-order chi connectivity index (χ0) is 18.5. The van der Waals surface area contributed by atoms with Crippen LogP contribution in [-0.2, 0) is 0 Å². The number of rotatable bonds is 6. The molecule has 7 heteroatoms. The van der Waals surface area contributed by atoms with Gasteiger partial charge in [-0.15, -0.1) is 11.3 Å². The number of nitrogens with zero attached hydrogens (tertiary/aromatic N) is 3. The average molecular weight is 382 g/mol. The molecule has 1 amide bonds. The number of aromatic amines is 1. The molecule has 1 aliphatic rings. The summed E-state index contributed by atoms with van der Waals surface area (Å²) in [5.74, 6) is -0.128. The van der Waals surface area contributed by atoms with Gasteiger partial charge in [-0.25, -0.2) is 0 Å². The van der Waals surface area contributed by atoms with E-state index in [9.17, 15) is 4.79 Å². The summed E-state index contributed by atoms with van der Waals surface area (Å²) in [5.41, 5.74) is 2.60. The van der Waals surface area contributed by atoms with Crippen molar-refractivity contribution in [2.75, 3.05) is 44.2 Å². The Hall–Kier alpha value is -2.64. The van der Waals surface area contributed by atoms with Crippen LogP contribution >= 0.6 is 11.3 Å². The molecule has 1 saturated heterocycles. The summed E-state index contributed by atoms with van der Waals surface area (Å²) >= 11 is 1.62. The number of hydrogen-bond acceptors (Lipinski definition) is 5. The number of thiophene rings is 1. The number of para-hydroxylation sites is 1. The predicted molar refractivity (Wildman–Crippen MR) is 109 cm³/mol. The normalized spacial score (nSPS) is 15.0. The largest absolute Gasteiger partial charge is 0.369 e. The molecule has 0 atom stereocenters. The van der Waals surface area contributed by atoms with Gasteiger partial charge in [0.2, 0.25) is 0 Å². The lowest BCUT2D eigenvalue weighted by Gasteiger charge is -2.36. The molecule has 1 aliphatic heterocycles. The third-order valence-electron chi connectivity index (χ3n) is 4.80. The molecular formula is C20H23N5OS. The highest BCUT2D eigenvalue weighted by Gasteiger charge is 2.17. The lowest BCUT2D eigenvalue weighted by Crippen LogP contribution is -2.48. The minimum absolute atomic E-state index is 0.128. The third-order valence-corrected chi connectivity index (χ3v) is 5.71. The highest BCUT2D eigenvalue weighted by Crippen LogP contribution is 2.22. The third kappa shape index (κ3) is 4.37. The van der Waals surface area contributed by atoms with Crippen molar-refractivity contribution in [2.24, 2.45) is 0 Å². The Morgan fingerprint density at radius 3 is 2.67 bits per heavy atom. The van der Waals surface area contributed by atoms with E-state index in [1.807, 2.05) is 23.6 Å². The van der Waals surface area contributed by atoms with Crippen LogP contribution in [0, 0.1) is 0 Å². The second-order valence-corrected chi connectivity index (χ2v) is 7.51. The molecule has 2 aromatic heterocycles. The molecule has 140 valence electrons. The van der Waals surface area contributed by atoms with Crippen LogP contribution in [-0.4, -0.2) is 60.3 Å². The number of anilines is 1. The molecule has 3 aromatic rings.